The summed E-state index contributed by atoms with van der Waals surface area (Å²) in [6, 6.07) is 9.82. The largest absolute Gasteiger partial charge is 0.462 e. The van der Waals surface area contributed by atoms with Crippen molar-refractivity contribution in [3.8, 4) is 11.3 Å². The average Bonchev–Trinajstić information content (AvgIpc) is 3.38. The van der Waals surface area contributed by atoms with Gasteiger partial charge in [0.25, 0.3) is 0 Å². The van der Waals surface area contributed by atoms with Crippen LogP contribution in [0.5, 0.6) is 0 Å². The Bertz CT molecular complexity index is 1020. The van der Waals surface area contributed by atoms with E-state index in [0.717, 1.165) is 29.8 Å². The fraction of sp³-hybridized carbons (Fsp3) is 0.318. The van der Waals surface area contributed by atoms with Gasteiger partial charge in [0.1, 0.15) is 10.8 Å². The van der Waals surface area contributed by atoms with Gasteiger partial charge >= 0.3 is 5.97 Å². The summed E-state index contributed by atoms with van der Waals surface area (Å²) in [5.74, 6) is -0.898. The highest BCUT2D eigenvalue weighted by Gasteiger charge is 2.16. The second kappa shape index (κ2) is 10.8. The monoisotopic (exact) mass is 444 g/mol. The smallest absolute Gasteiger partial charge is 0.341 e. The van der Waals surface area contributed by atoms with Crippen LogP contribution in [0.15, 0.2) is 41.8 Å². The van der Waals surface area contributed by atoms with E-state index in [-0.39, 0.29) is 24.9 Å². The van der Waals surface area contributed by atoms with E-state index in [1.165, 1.54) is 23.5 Å². The molecule has 0 unspecified atom stereocenters. The van der Waals surface area contributed by atoms with Crippen molar-refractivity contribution in [2.45, 2.75) is 19.8 Å². The molecule has 0 saturated heterocycles. The number of likely N-dealkylation sites (N-methyl/N-ethyl adjacent to an activating group) is 1. The van der Waals surface area contributed by atoms with E-state index < -0.39 is 5.97 Å². The fourth-order valence-electron chi connectivity index (χ4n) is 3.06. The molecule has 164 valence electrons. The standard InChI is InChI=1S/C22H25FN4O3S/c1-3-30-22(29)18-10-12-31-21(18)24-20(28)14-27(2)11-4-5-17-13-19(26-25-17)15-6-8-16(23)9-7-15/h6-10,12-13H,3-5,11,14H2,1-2H3,(H,24,28)(H,25,26). The molecule has 0 bridgehead atoms. The van der Waals surface area contributed by atoms with E-state index in [0.29, 0.717) is 17.1 Å². The minimum atomic E-state index is -0.438. The van der Waals surface area contributed by atoms with Crippen molar-refractivity contribution in [2.24, 2.45) is 0 Å². The molecule has 3 rings (SSSR count). The van der Waals surface area contributed by atoms with Crippen molar-refractivity contribution >= 4 is 28.2 Å². The number of H-pyrrole nitrogens is 1. The Balaban J connectivity index is 1.43. The first-order valence-electron chi connectivity index (χ1n) is 9.99. The number of esters is 1. The molecule has 1 aromatic carbocycles. The summed E-state index contributed by atoms with van der Waals surface area (Å²) in [5.41, 5.74) is 2.98. The average molecular weight is 445 g/mol. The third-order valence-corrected chi connectivity index (χ3v) is 5.41. The van der Waals surface area contributed by atoms with Crippen molar-refractivity contribution in [1.29, 1.82) is 0 Å². The molecule has 0 saturated carbocycles. The molecular weight excluding hydrogens is 419 g/mol. The predicted molar refractivity (Wildman–Crippen MR) is 119 cm³/mol. The van der Waals surface area contributed by atoms with Crippen LogP contribution in [0.25, 0.3) is 11.3 Å². The van der Waals surface area contributed by atoms with E-state index >= 15 is 0 Å². The highest BCUT2D eigenvalue weighted by Crippen LogP contribution is 2.24. The van der Waals surface area contributed by atoms with Crippen molar-refractivity contribution in [3.63, 3.8) is 0 Å². The van der Waals surface area contributed by atoms with Gasteiger partial charge in [0, 0.05) is 11.3 Å². The minimum Gasteiger partial charge on any atom is -0.462 e. The van der Waals surface area contributed by atoms with Gasteiger partial charge in [-0.1, -0.05) is 0 Å². The number of halogens is 1. The Morgan fingerprint density at radius 1 is 1.26 bits per heavy atom. The van der Waals surface area contributed by atoms with E-state index in [9.17, 15) is 14.0 Å². The lowest BCUT2D eigenvalue weighted by Gasteiger charge is -2.15. The van der Waals surface area contributed by atoms with Gasteiger partial charge in [-0.15, -0.1) is 11.3 Å². The molecule has 0 aliphatic rings. The molecule has 2 N–H and O–H groups in total. The summed E-state index contributed by atoms with van der Waals surface area (Å²) in [4.78, 5) is 26.2. The van der Waals surface area contributed by atoms with Crippen molar-refractivity contribution in [3.05, 3.63) is 58.9 Å². The van der Waals surface area contributed by atoms with Crippen LogP contribution >= 0.6 is 11.3 Å². The number of hydrogen-bond donors (Lipinski definition) is 2. The number of amides is 1. The first-order chi connectivity index (χ1) is 15.0. The van der Waals surface area contributed by atoms with Gasteiger partial charge in [0.05, 0.1) is 24.4 Å². The van der Waals surface area contributed by atoms with Crippen LogP contribution in [-0.2, 0) is 16.0 Å². The zero-order valence-corrected chi connectivity index (χ0v) is 18.3. The van der Waals surface area contributed by atoms with Gasteiger partial charge < -0.3 is 10.1 Å². The molecule has 0 spiro atoms. The van der Waals surface area contributed by atoms with Crippen LogP contribution in [0.2, 0.25) is 0 Å². The number of aromatic nitrogens is 2. The molecule has 7 nitrogen and oxygen atoms in total. The number of aryl methyl sites for hydroxylation is 1. The Morgan fingerprint density at radius 2 is 2.03 bits per heavy atom. The normalized spacial score (nSPS) is 11.0. The summed E-state index contributed by atoms with van der Waals surface area (Å²) < 4.78 is 18.1. The van der Waals surface area contributed by atoms with Gasteiger partial charge in [-0.05, 0) is 75.1 Å². The van der Waals surface area contributed by atoms with Crippen molar-refractivity contribution < 1.29 is 18.7 Å². The van der Waals surface area contributed by atoms with Crippen LogP contribution in [0, 0.1) is 5.82 Å². The van der Waals surface area contributed by atoms with E-state index in [4.69, 9.17) is 4.74 Å². The predicted octanol–water partition coefficient (Wildman–Crippen LogP) is 3.96. The number of nitrogens with zero attached hydrogens (tertiary/aromatic N) is 2. The van der Waals surface area contributed by atoms with Gasteiger partial charge in [-0.3, -0.25) is 14.8 Å². The molecule has 0 radical (unpaired) electrons. The number of aromatic amines is 1. The molecule has 9 heteroatoms. The molecule has 31 heavy (non-hydrogen) atoms. The number of anilines is 1. The Morgan fingerprint density at radius 3 is 2.77 bits per heavy atom. The molecule has 0 aliphatic heterocycles. The zero-order valence-electron chi connectivity index (χ0n) is 17.5. The van der Waals surface area contributed by atoms with Gasteiger partial charge in [-0.25, -0.2) is 9.18 Å². The number of hydrogen-bond acceptors (Lipinski definition) is 6. The number of nitrogens with one attached hydrogen (secondary N) is 2. The zero-order chi connectivity index (χ0) is 22.2. The van der Waals surface area contributed by atoms with Crippen molar-refractivity contribution in [2.75, 3.05) is 32.1 Å². The van der Waals surface area contributed by atoms with E-state index in [1.54, 1.807) is 30.5 Å². The highest BCUT2D eigenvalue weighted by molar-refractivity contribution is 7.14. The first-order valence-corrected chi connectivity index (χ1v) is 10.9. The summed E-state index contributed by atoms with van der Waals surface area (Å²) >= 11 is 1.29. The second-order valence-corrected chi connectivity index (χ2v) is 7.97. The summed E-state index contributed by atoms with van der Waals surface area (Å²) in [6.07, 6.45) is 1.61. The Hall–Kier alpha value is -3.04. The number of carbonyl (C=O) groups excluding carboxylic acids is 2. The lowest BCUT2D eigenvalue weighted by molar-refractivity contribution is -0.117. The van der Waals surface area contributed by atoms with Crippen LogP contribution < -0.4 is 5.32 Å². The third-order valence-electron chi connectivity index (χ3n) is 4.58. The van der Waals surface area contributed by atoms with Crippen LogP contribution in [0.4, 0.5) is 9.39 Å². The van der Waals surface area contributed by atoms with Crippen LogP contribution in [0.1, 0.15) is 29.4 Å². The second-order valence-electron chi connectivity index (χ2n) is 7.06. The number of ether oxygens (including phenoxy) is 1. The van der Waals surface area contributed by atoms with Crippen LogP contribution in [-0.4, -0.2) is 53.7 Å². The van der Waals surface area contributed by atoms with Crippen molar-refractivity contribution in [1.82, 2.24) is 15.1 Å². The molecular formula is C22H25FN4O3S. The number of benzene rings is 1. The summed E-state index contributed by atoms with van der Waals surface area (Å²) in [6.45, 7) is 2.95. The van der Waals surface area contributed by atoms with E-state index in [2.05, 4.69) is 15.5 Å². The van der Waals surface area contributed by atoms with E-state index in [1.807, 2.05) is 18.0 Å². The summed E-state index contributed by atoms with van der Waals surface area (Å²) in [7, 11) is 1.87. The highest BCUT2D eigenvalue weighted by atomic mass is 32.1. The SMILES string of the molecule is CCOC(=O)c1ccsc1NC(=O)CN(C)CCCc1cc(-c2ccc(F)cc2)n[nH]1. The number of carbonyl (C=O) groups is 2. The molecule has 0 fully saturated rings. The maximum absolute atomic E-state index is 13.1. The summed E-state index contributed by atoms with van der Waals surface area (Å²) in [5, 5.41) is 12.3. The molecule has 0 aliphatic carbocycles. The van der Waals surface area contributed by atoms with Gasteiger partial charge in [0.2, 0.25) is 5.91 Å². The third kappa shape index (κ3) is 6.47. The maximum atomic E-state index is 13.1. The minimum absolute atomic E-state index is 0.185. The first kappa shape index (κ1) is 22.6. The quantitative estimate of drug-likeness (QED) is 0.462. The lowest BCUT2D eigenvalue weighted by Crippen LogP contribution is -2.31. The number of thiophene rings is 1. The topological polar surface area (TPSA) is 87.3 Å². The lowest BCUT2D eigenvalue weighted by atomic mass is 10.1. The molecule has 2 aromatic heterocycles. The Kier molecular flexibility index (Phi) is 7.91. The maximum Gasteiger partial charge on any atom is 0.341 e. The molecule has 0 atom stereocenters. The molecule has 3 aromatic rings. The van der Waals surface area contributed by atoms with Crippen LogP contribution in [0.3, 0.4) is 0 Å². The van der Waals surface area contributed by atoms with Gasteiger partial charge in [-0.2, -0.15) is 5.10 Å². The van der Waals surface area contributed by atoms with Gasteiger partial charge in [0.15, 0.2) is 0 Å². The fourth-order valence-corrected chi connectivity index (χ4v) is 3.85. The number of rotatable bonds is 10. The molecule has 2 heterocycles. The Labute approximate surface area is 184 Å². The molecule has 1 amide bonds.